The Morgan fingerprint density at radius 2 is 2.11 bits per heavy atom. The van der Waals surface area contributed by atoms with Gasteiger partial charge in [-0.3, -0.25) is 5.10 Å². The van der Waals surface area contributed by atoms with Crippen molar-refractivity contribution in [2.24, 2.45) is 5.92 Å². The summed E-state index contributed by atoms with van der Waals surface area (Å²) in [7, 11) is -1.76. The fourth-order valence-corrected chi connectivity index (χ4v) is 2.86. The highest BCUT2D eigenvalue weighted by atomic mass is 32.2. The van der Waals surface area contributed by atoms with Gasteiger partial charge in [-0.05, 0) is 19.9 Å². The third-order valence-electron chi connectivity index (χ3n) is 2.96. The van der Waals surface area contributed by atoms with E-state index in [-0.39, 0.29) is 5.03 Å². The lowest BCUT2D eigenvalue weighted by molar-refractivity contribution is 0.525. The number of H-pyrrole nitrogens is 1. The maximum atomic E-state index is 12.1. The second-order valence-corrected chi connectivity index (χ2v) is 6.21. The Morgan fingerprint density at radius 1 is 1.44 bits per heavy atom. The van der Waals surface area contributed by atoms with Gasteiger partial charge >= 0.3 is 0 Å². The molecule has 0 amide bonds. The van der Waals surface area contributed by atoms with Gasteiger partial charge in [-0.15, -0.1) is 0 Å². The van der Waals surface area contributed by atoms with Gasteiger partial charge in [-0.1, -0.05) is 20.3 Å². The first-order valence-electron chi connectivity index (χ1n) is 6.10. The monoisotopic (exact) mass is 274 g/mol. The lowest BCUT2D eigenvalue weighted by atomic mass is 10.1. The quantitative estimate of drug-likeness (QED) is 0.685. The number of nitrogens with one attached hydrogen (secondary N) is 3. The Bertz CT molecular complexity index is 481. The summed E-state index contributed by atoms with van der Waals surface area (Å²) in [6.07, 6.45) is 0.936. The van der Waals surface area contributed by atoms with E-state index in [4.69, 9.17) is 0 Å². The molecule has 0 aliphatic rings. The van der Waals surface area contributed by atoms with Gasteiger partial charge in [0.2, 0.25) is 0 Å². The van der Waals surface area contributed by atoms with Crippen molar-refractivity contribution in [1.29, 1.82) is 0 Å². The SMILES string of the molecule is CCC(C)CNS(=O)(=O)c1n[nH]c(C)c1CNC. The molecule has 6 nitrogen and oxygen atoms in total. The van der Waals surface area contributed by atoms with Crippen LogP contribution >= 0.6 is 0 Å². The molecule has 1 unspecified atom stereocenters. The molecule has 104 valence electrons. The van der Waals surface area contributed by atoms with Crippen LogP contribution in [0.15, 0.2) is 5.03 Å². The maximum absolute atomic E-state index is 12.1. The number of aromatic amines is 1. The minimum absolute atomic E-state index is 0.0950. The number of hydrogen-bond acceptors (Lipinski definition) is 4. The van der Waals surface area contributed by atoms with Crippen molar-refractivity contribution in [3.63, 3.8) is 0 Å². The van der Waals surface area contributed by atoms with E-state index in [1.165, 1.54) is 0 Å². The zero-order valence-electron chi connectivity index (χ0n) is 11.4. The molecule has 0 aromatic carbocycles. The molecule has 0 radical (unpaired) electrons. The van der Waals surface area contributed by atoms with E-state index in [9.17, 15) is 8.42 Å². The summed E-state index contributed by atoms with van der Waals surface area (Å²) in [6.45, 7) is 6.76. The van der Waals surface area contributed by atoms with Crippen LogP contribution in [0.3, 0.4) is 0 Å². The Morgan fingerprint density at radius 3 is 2.67 bits per heavy atom. The zero-order chi connectivity index (χ0) is 13.8. The summed E-state index contributed by atoms with van der Waals surface area (Å²) in [4.78, 5) is 0. The molecular weight excluding hydrogens is 252 g/mol. The second kappa shape index (κ2) is 6.31. The first kappa shape index (κ1) is 15.1. The lowest BCUT2D eigenvalue weighted by Gasteiger charge is -2.10. The minimum atomic E-state index is -3.53. The van der Waals surface area contributed by atoms with Gasteiger partial charge in [0.05, 0.1) is 0 Å². The molecule has 0 spiro atoms. The van der Waals surface area contributed by atoms with Crippen molar-refractivity contribution >= 4 is 10.0 Å². The minimum Gasteiger partial charge on any atom is -0.316 e. The highest BCUT2D eigenvalue weighted by molar-refractivity contribution is 7.89. The number of aryl methyl sites for hydroxylation is 1. The van der Waals surface area contributed by atoms with Crippen LogP contribution in [0.2, 0.25) is 0 Å². The van der Waals surface area contributed by atoms with Crippen LogP contribution in [0.1, 0.15) is 31.5 Å². The van der Waals surface area contributed by atoms with Gasteiger partial charge in [-0.2, -0.15) is 5.10 Å². The van der Waals surface area contributed by atoms with Crippen LogP contribution in [0, 0.1) is 12.8 Å². The maximum Gasteiger partial charge on any atom is 0.260 e. The predicted octanol–water partition coefficient (Wildman–Crippen LogP) is 0.762. The number of aromatic nitrogens is 2. The normalized spacial score (nSPS) is 13.8. The summed E-state index contributed by atoms with van der Waals surface area (Å²) >= 11 is 0. The lowest BCUT2D eigenvalue weighted by Crippen LogP contribution is -2.29. The van der Waals surface area contributed by atoms with Crippen LogP contribution in [-0.4, -0.2) is 32.2 Å². The van der Waals surface area contributed by atoms with E-state index < -0.39 is 10.0 Å². The first-order chi connectivity index (χ1) is 8.42. The summed E-state index contributed by atoms with van der Waals surface area (Å²) < 4.78 is 26.9. The molecule has 1 atom stereocenters. The molecule has 0 aliphatic heterocycles. The van der Waals surface area contributed by atoms with E-state index in [0.29, 0.717) is 24.6 Å². The molecule has 18 heavy (non-hydrogen) atoms. The average Bonchev–Trinajstić information content (AvgIpc) is 2.69. The molecule has 1 rings (SSSR count). The molecule has 0 saturated carbocycles. The molecule has 0 aliphatic carbocycles. The molecule has 1 aromatic rings. The average molecular weight is 274 g/mol. The largest absolute Gasteiger partial charge is 0.316 e. The predicted molar refractivity (Wildman–Crippen MR) is 70.7 cm³/mol. The van der Waals surface area contributed by atoms with Crippen LogP contribution in [0.25, 0.3) is 0 Å². The summed E-state index contributed by atoms with van der Waals surface area (Å²) in [5.74, 6) is 0.313. The van der Waals surface area contributed by atoms with Gasteiger partial charge in [-0.25, -0.2) is 13.1 Å². The summed E-state index contributed by atoms with van der Waals surface area (Å²) in [5.41, 5.74) is 1.46. The van der Waals surface area contributed by atoms with Gasteiger partial charge < -0.3 is 5.32 Å². The number of rotatable bonds is 7. The van der Waals surface area contributed by atoms with Gasteiger partial charge in [0.1, 0.15) is 0 Å². The van der Waals surface area contributed by atoms with Gasteiger partial charge in [0.25, 0.3) is 10.0 Å². The van der Waals surface area contributed by atoms with Crippen molar-refractivity contribution in [2.75, 3.05) is 13.6 Å². The molecule has 0 fully saturated rings. The van der Waals surface area contributed by atoms with Crippen LogP contribution in [0.4, 0.5) is 0 Å². The Balaban J connectivity index is 2.91. The molecule has 1 aromatic heterocycles. The van der Waals surface area contributed by atoms with E-state index in [2.05, 4.69) is 20.2 Å². The molecule has 3 N–H and O–H groups in total. The summed E-state index contributed by atoms with van der Waals surface area (Å²) in [6, 6.07) is 0. The zero-order valence-corrected chi connectivity index (χ0v) is 12.2. The smallest absolute Gasteiger partial charge is 0.260 e. The Hall–Kier alpha value is -0.920. The van der Waals surface area contributed by atoms with Gasteiger partial charge in [0, 0.05) is 24.3 Å². The van der Waals surface area contributed by atoms with Crippen LogP contribution in [0.5, 0.6) is 0 Å². The van der Waals surface area contributed by atoms with Crippen molar-refractivity contribution < 1.29 is 8.42 Å². The van der Waals surface area contributed by atoms with Crippen molar-refractivity contribution in [3.05, 3.63) is 11.3 Å². The molecule has 7 heteroatoms. The van der Waals surface area contributed by atoms with E-state index in [0.717, 1.165) is 12.1 Å². The number of nitrogens with zero attached hydrogens (tertiary/aromatic N) is 1. The fraction of sp³-hybridized carbons (Fsp3) is 0.727. The van der Waals surface area contributed by atoms with E-state index in [1.807, 2.05) is 20.8 Å². The van der Waals surface area contributed by atoms with Crippen molar-refractivity contribution in [2.45, 2.75) is 38.8 Å². The Labute approximate surface area is 109 Å². The molecule has 0 saturated heterocycles. The van der Waals surface area contributed by atoms with Crippen LogP contribution < -0.4 is 10.0 Å². The fourth-order valence-electron chi connectivity index (χ4n) is 1.50. The third-order valence-corrected chi connectivity index (χ3v) is 4.36. The highest BCUT2D eigenvalue weighted by Crippen LogP contribution is 2.16. The Kier molecular flexibility index (Phi) is 5.30. The van der Waals surface area contributed by atoms with E-state index in [1.54, 1.807) is 7.05 Å². The number of hydrogen-bond donors (Lipinski definition) is 3. The standard InChI is InChI=1S/C11H22N4O2S/c1-5-8(2)6-13-18(16,17)11-10(7-12-4)9(3)14-15-11/h8,12-13H,5-7H2,1-4H3,(H,14,15). The second-order valence-electron chi connectivity index (χ2n) is 4.53. The van der Waals surface area contributed by atoms with Crippen molar-refractivity contribution in [1.82, 2.24) is 20.2 Å². The third kappa shape index (κ3) is 3.54. The van der Waals surface area contributed by atoms with Crippen LogP contribution in [-0.2, 0) is 16.6 Å². The highest BCUT2D eigenvalue weighted by Gasteiger charge is 2.23. The topological polar surface area (TPSA) is 86.9 Å². The number of sulfonamides is 1. The van der Waals surface area contributed by atoms with Gasteiger partial charge in [0.15, 0.2) is 5.03 Å². The van der Waals surface area contributed by atoms with E-state index >= 15 is 0 Å². The first-order valence-corrected chi connectivity index (χ1v) is 7.58. The molecule has 1 heterocycles. The molecule has 0 bridgehead atoms. The summed E-state index contributed by atoms with van der Waals surface area (Å²) in [5, 5.41) is 9.66. The van der Waals surface area contributed by atoms with Crippen molar-refractivity contribution in [3.8, 4) is 0 Å². The molecular formula is C11H22N4O2S.